The Morgan fingerprint density at radius 3 is 2.08 bits per heavy atom. The number of nitrogens with zero attached hydrogens (tertiary/aromatic N) is 3. The zero-order valence-electron chi connectivity index (χ0n) is 14.2. The lowest BCUT2D eigenvalue weighted by Gasteiger charge is -2.26. The van der Waals surface area contributed by atoms with Crippen LogP contribution in [-0.2, 0) is 22.7 Å². The lowest BCUT2D eigenvalue weighted by atomic mass is 10.1. The van der Waals surface area contributed by atoms with E-state index in [1.165, 1.54) is 0 Å². The molecule has 132 valence electrons. The standard InChI is InChI=1S/C19H23N3O3/c1-15(23)19(25-13-17-10-6-3-7-11-17)18(21-22-20)14-24-12-16-8-4-2-5-9-16/h2-11,15,18-19,23H,12-14H2,1H3/t15-,18+,19-/m1/s1. The van der Waals surface area contributed by atoms with Crippen LogP contribution in [0.3, 0.4) is 0 Å². The van der Waals surface area contributed by atoms with Crippen molar-refractivity contribution in [2.24, 2.45) is 5.11 Å². The molecule has 0 fully saturated rings. The average molecular weight is 341 g/mol. The van der Waals surface area contributed by atoms with E-state index in [9.17, 15) is 5.11 Å². The number of hydrogen-bond donors (Lipinski definition) is 1. The fourth-order valence-corrected chi connectivity index (χ4v) is 2.47. The number of ether oxygens (including phenoxy) is 2. The van der Waals surface area contributed by atoms with Crippen LogP contribution in [0.1, 0.15) is 18.1 Å². The number of azide groups is 1. The summed E-state index contributed by atoms with van der Waals surface area (Å²) >= 11 is 0. The van der Waals surface area contributed by atoms with E-state index in [-0.39, 0.29) is 6.61 Å². The Balaban J connectivity index is 1.94. The van der Waals surface area contributed by atoms with Gasteiger partial charge in [0, 0.05) is 4.91 Å². The van der Waals surface area contributed by atoms with Crippen molar-refractivity contribution in [1.29, 1.82) is 0 Å². The average Bonchev–Trinajstić information content (AvgIpc) is 2.63. The molecule has 2 aromatic rings. The van der Waals surface area contributed by atoms with Crippen LogP contribution in [0.15, 0.2) is 65.8 Å². The highest BCUT2D eigenvalue weighted by atomic mass is 16.5. The minimum atomic E-state index is -0.792. The minimum Gasteiger partial charge on any atom is -0.391 e. The van der Waals surface area contributed by atoms with Gasteiger partial charge in [0.15, 0.2) is 0 Å². The van der Waals surface area contributed by atoms with E-state index in [1.807, 2.05) is 60.7 Å². The summed E-state index contributed by atoms with van der Waals surface area (Å²) in [6.07, 6.45) is -1.44. The molecule has 2 aromatic carbocycles. The highest BCUT2D eigenvalue weighted by Gasteiger charge is 2.26. The molecule has 0 aromatic heterocycles. The van der Waals surface area contributed by atoms with Gasteiger partial charge in [0.1, 0.15) is 0 Å². The second kappa shape index (κ2) is 10.5. The number of hydrogen-bond acceptors (Lipinski definition) is 4. The van der Waals surface area contributed by atoms with Crippen molar-refractivity contribution < 1.29 is 14.6 Å². The van der Waals surface area contributed by atoms with Gasteiger partial charge < -0.3 is 14.6 Å². The maximum absolute atomic E-state index is 10.0. The molecular formula is C19H23N3O3. The predicted molar refractivity (Wildman–Crippen MR) is 95.7 cm³/mol. The van der Waals surface area contributed by atoms with E-state index in [0.29, 0.717) is 13.2 Å². The van der Waals surface area contributed by atoms with Crippen LogP contribution in [0, 0.1) is 0 Å². The molecule has 25 heavy (non-hydrogen) atoms. The molecule has 6 heteroatoms. The maximum atomic E-state index is 10.0. The number of benzene rings is 2. The van der Waals surface area contributed by atoms with Gasteiger partial charge in [-0.05, 0) is 23.6 Å². The Bertz CT molecular complexity index is 658. The summed E-state index contributed by atoms with van der Waals surface area (Å²) in [6.45, 7) is 2.52. The van der Waals surface area contributed by atoms with Gasteiger partial charge in [-0.1, -0.05) is 65.8 Å². The first-order valence-corrected chi connectivity index (χ1v) is 8.20. The molecule has 0 radical (unpaired) electrons. The molecule has 0 heterocycles. The van der Waals surface area contributed by atoms with E-state index in [0.717, 1.165) is 11.1 Å². The van der Waals surface area contributed by atoms with Gasteiger partial charge in [-0.2, -0.15) is 0 Å². The molecule has 6 nitrogen and oxygen atoms in total. The minimum absolute atomic E-state index is 0.170. The predicted octanol–water partition coefficient (Wildman–Crippen LogP) is 3.85. The highest BCUT2D eigenvalue weighted by Crippen LogP contribution is 2.14. The van der Waals surface area contributed by atoms with Crippen molar-refractivity contribution >= 4 is 0 Å². The van der Waals surface area contributed by atoms with Crippen LogP contribution < -0.4 is 0 Å². The summed E-state index contributed by atoms with van der Waals surface area (Å²) in [6, 6.07) is 18.8. The Morgan fingerprint density at radius 1 is 1.00 bits per heavy atom. The molecule has 0 aliphatic heterocycles. The summed E-state index contributed by atoms with van der Waals surface area (Å²) in [5, 5.41) is 13.8. The van der Waals surface area contributed by atoms with Gasteiger partial charge in [0.05, 0.1) is 38.1 Å². The lowest BCUT2D eigenvalue weighted by molar-refractivity contribution is -0.0662. The molecule has 0 aliphatic carbocycles. The molecule has 1 N–H and O–H groups in total. The van der Waals surface area contributed by atoms with Gasteiger partial charge in [-0.25, -0.2) is 0 Å². The Morgan fingerprint density at radius 2 is 1.56 bits per heavy atom. The molecule has 0 saturated carbocycles. The van der Waals surface area contributed by atoms with Crippen LogP contribution >= 0.6 is 0 Å². The lowest BCUT2D eigenvalue weighted by Crippen LogP contribution is -2.39. The molecule has 0 unspecified atom stereocenters. The summed E-state index contributed by atoms with van der Waals surface area (Å²) in [7, 11) is 0. The van der Waals surface area contributed by atoms with Crippen LogP contribution in [-0.4, -0.2) is 30.0 Å². The van der Waals surface area contributed by atoms with Crippen LogP contribution in [0.2, 0.25) is 0 Å². The molecule has 2 rings (SSSR count). The zero-order chi connectivity index (χ0) is 17.9. The van der Waals surface area contributed by atoms with Gasteiger partial charge >= 0.3 is 0 Å². The summed E-state index contributed by atoms with van der Waals surface area (Å²) < 4.78 is 11.5. The molecular weight excluding hydrogens is 318 g/mol. The van der Waals surface area contributed by atoms with Crippen molar-refractivity contribution in [2.45, 2.75) is 38.4 Å². The Kier molecular flexibility index (Phi) is 7.95. The van der Waals surface area contributed by atoms with E-state index in [4.69, 9.17) is 15.0 Å². The van der Waals surface area contributed by atoms with Crippen molar-refractivity contribution in [3.8, 4) is 0 Å². The van der Waals surface area contributed by atoms with Gasteiger partial charge in [-0.15, -0.1) is 0 Å². The quantitative estimate of drug-likeness (QED) is 0.404. The highest BCUT2D eigenvalue weighted by molar-refractivity contribution is 5.14. The summed E-state index contributed by atoms with van der Waals surface area (Å²) in [5.41, 5.74) is 10.8. The third kappa shape index (κ3) is 6.57. The smallest absolute Gasteiger partial charge is 0.0942 e. The topological polar surface area (TPSA) is 87.5 Å². The van der Waals surface area contributed by atoms with Crippen LogP contribution in [0.5, 0.6) is 0 Å². The fraction of sp³-hybridized carbons (Fsp3) is 0.368. The Labute approximate surface area is 147 Å². The first-order valence-electron chi connectivity index (χ1n) is 8.20. The van der Waals surface area contributed by atoms with Crippen LogP contribution in [0.4, 0.5) is 0 Å². The van der Waals surface area contributed by atoms with Gasteiger partial charge in [0.2, 0.25) is 0 Å². The molecule has 3 atom stereocenters. The molecule has 0 bridgehead atoms. The van der Waals surface area contributed by atoms with Crippen molar-refractivity contribution in [2.75, 3.05) is 6.61 Å². The second-order valence-corrected chi connectivity index (χ2v) is 5.77. The third-order valence-electron chi connectivity index (χ3n) is 3.74. The monoisotopic (exact) mass is 341 g/mol. The van der Waals surface area contributed by atoms with E-state index < -0.39 is 18.2 Å². The fourth-order valence-electron chi connectivity index (χ4n) is 2.47. The number of aliphatic hydroxyl groups excluding tert-OH is 1. The normalized spacial score (nSPS) is 14.3. The van der Waals surface area contributed by atoms with Gasteiger partial charge in [0.25, 0.3) is 0 Å². The molecule has 0 aliphatic rings. The van der Waals surface area contributed by atoms with Crippen molar-refractivity contribution in [1.82, 2.24) is 0 Å². The van der Waals surface area contributed by atoms with Gasteiger partial charge in [-0.3, -0.25) is 0 Å². The van der Waals surface area contributed by atoms with Crippen molar-refractivity contribution in [3.05, 3.63) is 82.2 Å². The molecule has 0 amide bonds. The first-order chi connectivity index (χ1) is 12.2. The van der Waals surface area contributed by atoms with E-state index in [1.54, 1.807) is 6.92 Å². The van der Waals surface area contributed by atoms with E-state index in [2.05, 4.69) is 10.0 Å². The number of rotatable bonds is 10. The molecule has 0 spiro atoms. The SMILES string of the molecule is C[C@@H](O)[C@@H](OCc1ccccc1)[C@H](COCc1ccccc1)N=[N+]=[N-]. The largest absolute Gasteiger partial charge is 0.391 e. The maximum Gasteiger partial charge on any atom is 0.0942 e. The third-order valence-corrected chi connectivity index (χ3v) is 3.74. The van der Waals surface area contributed by atoms with Crippen LogP contribution in [0.25, 0.3) is 10.4 Å². The molecule has 0 saturated heterocycles. The number of aliphatic hydroxyl groups is 1. The summed E-state index contributed by atoms with van der Waals surface area (Å²) in [4.78, 5) is 2.87. The first kappa shape index (κ1) is 19.0. The second-order valence-electron chi connectivity index (χ2n) is 5.77. The van der Waals surface area contributed by atoms with Crippen molar-refractivity contribution in [3.63, 3.8) is 0 Å². The van der Waals surface area contributed by atoms with E-state index >= 15 is 0 Å². The Hall–Kier alpha value is -2.37. The summed E-state index contributed by atoms with van der Waals surface area (Å²) in [5.74, 6) is 0. The zero-order valence-corrected chi connectivity index (χ0v) is 14.2.